The van der Waals surface area contributed by atoms with Crippen LogP contribution in [0.4, 0.5) is 0 Å². The van der Waals surface area contributed by atoms with E-state index in [4.69, 9.17) is 0 Å². The number of hydrogen-bond donors (Lipinski definition) is 1. The minimum absolute atomic E-state index is 0.00178. The summed E-state index contributed by atoms with van der Waals surface area (Å²) in [6, 6.07) is 0.370. The first kappa shape index (κ1) is 19.9. The summed E-state index contributed by atoms with van der Waals surface area (Å²) in [4.78, 5) is 39.0. The number of carbonyl (C=O) groups excluding carboxylic acids is 1. The molecular weight excluding hydrogens is 392 g/mol. The lowest BCUT2D eigenvalue weighted by Crippen LogP contribution is -2.44. The van der Waals surface area contributed by atoms with Crippen molar-refractivity contribution >= 4 is 39.2 Å². The molecular formula is C20H28N4O2S2. The van der Waals surface area contributed by atoms with Crippen LogP contribution in [0.3, 0.4) is 0 Å². The van der Waals surface area contributed by atoms with E-state index in [2.05, 4.69) is 21.9 Å². The molecule has 0 aromatic carbocycles. The summed E-state index contributed by atoms with van der Waals surface area (Å²) in [5.41, 5.74) is 1.22. The number of aryl methyl sites for hydroxylation is 2. The summed E-state index contributed by atoms with van der Waals surface area (Å²) >= 11 is 3.34. The molecule has 1 amide bonds. The number of likely N-dealkylation sites (tertiary alicyclic amines) is 1. The summed E-state index contributed by atoms with van der Waals surface area (Å²) in [7, 11) is 4.07. The second-order valence-corrected chi connectivity index (χ2v) is 10.1. The number of H-pyrrole nitrogens is 1. The fourth-order valence-corrected chi connectivity index (χ4v) is 6.28. The summed E-state index contributed by atoms with van der Waals surface area (Å²) in [6.07, 6.45) is 5.87. The molecule has 152 valence electrons. The van der Waals surface area contributed by atoms with E-state index in [0.717, 1.165) is 67.0 Å². The van der Waals surface area contributed by atoms with Crippen LogP contribution < -0.4 is 5.56 Å². The van der Waals surface area contributed by atoms with Gasteiger partial charge in [-0.1, -0.05) is 0 Å². The highest BCUT2D eigenvalue weighted by Crippen LogP contribution is 2.34. The van der Waals surface area contributed by atoms with Crippen LogP contribution in [0, 0.1) is 0 Å². The monoisotopic (exact) mass is 420 g/mol. The van der Waals surface area contributed by atoms with Crippen molar-refractivity contribution in [2.24, 2.45) is 0 Å². The number of hydrogen-bond acceptors (Lipinski definition) is 6. The molecule has 2 aromatic heterocycles. The van der Waals surface area contributed by atoms with Gasteiger partial charge in [0, 0.05) is 30.1 Å². The van der Waals surface area contributed by atoms with Gasteiger partial charge < -0.3 is 14.8 Å². The van der Waals surface area contributed by atoms with Crippen molar-refractivity contribution in [3.05, 3.63) is 26.6 Å². The highest BCUT2D eigenvalue weighted by atomic mass is 32.2. The number of amides is 1. The molecule has 2 aliphatic rings. The molecule has 1 N–H and O–H groups in total. The number of aromatic amines is 1. The summed E-state index contributed by atoms with van der Waals surface area (Å²) < 4.78 is 0. The van der Waals surface area contributed by atoms with Crippen LogP contribution in [-0.4, -0.2) is 64.7 Å². The molecule has 0 unspecified atom stereocenters. The zero-order chi connectivity index (χ0) is 19.7. The molecule has 8 heteroatoms. The van der Waals surface area contributed by atoms with E-state index >= 15 is 0 Å². The highest BCUT2D eigenvalue weighted by Gasteiger charge is 2.24. The lowest BCUT2D eigenvalue weighted by Gasteiger charge is -2.35. The standard InChI is InChI=1S/C20H28N4O2S2/c1-23-9-6-13(7-10-23)24(2)17(25)8-11-27-12-16-21-19(26)18-14-4-3-5-15(14)28-20(18)22-16/h13H,3-12H2,1-2H3,(H,21,22,26). The first-order valence-corrected chi connectivity index (χ1v) is 12.1. The quantitative estimate of drug-likeness (QED) is 0.728. The number of nitrogens with zero attached hydrogens (tertiary/aromatic N) is 3. The van der Waals surface area contributed by atoms with Crippen LogP contribution in [-0.2, 0) is 23.4 Å². The Morgan fingerprint density at radius 3 is 2.93 bits per heavy atom. The predicted octanol–water partition coefficient (Wildman–Crippen LogP) is 2.65. The molecule has 1 fully saturated rings. The van der Waals surface area contributed by atoms with Gasteiger partial charge in [-0.15, -0.1) is 11.3 Å². The fourth-order valence-electron chi connectivity index (χ4n) is 4.21. The second kappa shape index (κ2) is 8.55. The lowest BCUT2D eigenvalue weighted by molar-refractivity contribution is -0.132. The zero-order valence-electron chi connectivity index (χ0n) is 16.6. The summed E-state index contributed by atoms with van der Waals surface area (Å²) in [5, 5.41) is 0.807. The Labute approximate surface area is 173 Å². The molecule has 0 atom stereocenters. The Hall–Kier alpha value is -1.38. The Balaban J connectivity index is 1.28. The number of rotatable bonds is 6. The van der Waals surface area contributed by atoms with Gasteiger partial charge in [0.2, 0.25) is 5.91 Å². The molecule has 0 spiro atoms. The maximum atomic E-state index is 12.5. The molecule has 1 aliphatic carbocycles. The molecule has 6 nitrogen and oxygen atoms in total. The van der Waals surface area contributed by atoms with Gasteiger partial charge in [0.15, 0.2) is 0 Å². The van der Waals surface area contributed by atoms with Gasteiger partial charge in [-0.2, -0.15) is 11.8 Å². The van der Waals surface area contributed by atoms with E-state index in [1.807, 2.05) is 11.9 Å². The fraction of sp³-hybridized carbons (Fsp3) is 0.650. The van der Waals surface area contributed by atoms with Crippen LogP contribution in [0.15, 0.2) is 4.79 Å². The van der Waals surface area contributed by atoms with Crippen molar-refractivity contribution in [1.29, 1.82) is 0 Å². The molecule has 3 heterocycles. The second-order valence-electron chi connectivity index (χ2n) is 7.89. The van der Waals surface area contributed by atoms with Crippen molar-refractivity contribution in [3.8, 4) is 0 Å². The van der Waals surface area contributed by atoms with Gasteiger partial charge in [-0.3, -0.25) is 9.59 Å². The maximum absolute atomic E-state index is 12.5. The average molecular weight is 421 g/mol. The van der Waals surface area contributed by atoms with Crippen molar-refractivity contribution < 1.29 is 4.79 Å². The number of aromatic nitrogens is 2. The number of thiophene rings is 1. The first-order valence-electron chi connectivity index (χ1n) is 10.1. The largest absolute Gasteiger partial charge is 0.343 e. The third-order valence-corrected chi connectivity index (χ3v) is 8.11. The van der Waals surface area contributed by atoms with E-state index in [-0.39, 0.29) is 11.5 Å². The topological polar surface area (TPSA) is 69.3 Å². The van der Waals surface area contributed by atoms with E-state index in [1.165, 1.54) is 10.4 Å². The zero-order valence-corrected chi connectivity index (χ0v) is 18.3. The number of thioether (sulfide) groups is 1. The Kier molecular flexibility index (Phi) is 6.08. The van der Waals surface area contributed by atoms with Crippen LogP contribution >= 0.6 is 23.1 Å². The Morgan fingerprint density at radius 1 is 1.36 bits per heavy atom. The van der Waals surface area contributed by atoms with Crippen LogP contribution in [0.25, 0.3) is 10.2 Å². The molecule has 0 saturated carbocycles. The minimum atomic E-state index is -0.00178. The number of fused-ring (bicyclic) bond motifs is 3. The van der Waals surface area contributed by atoms with Gasteiger partial charge in [0.25, 0.3) is 5.56 Å². The van der Waals surface area contributed by atoms with Crippen molar-refractivity contribution in [2.75, 3.05) is 32.9 Å². The Bertz CT molecular complexity index is 915. The van der Waals surface area contributed by atoms with E-state index in [0.29, 0.717) is 18.2 Å². The van der Waals surface area contributed by atoms with Crippen LogP contribution in [0.1, 0.15) is 41.9 Å². The highest BCUT2D eigenvalue weighted by molar-refractivity contribution is 7.98. The number of nitrogens with one attached hydrogen (secondary N) is 1. The minimum Gasteiger partial charge on any atom is -0.343 e. The molecule has 28 heavy (non-hydrogen) atoms. The SMILES string of the molecule is CN1CCC(N(C)C(=O)CCSCc2nc3sc4c(c3c(=O)[nH]2)CCC4)CC1. The van der Waals surface area contributed by atoms with Crippen molar-refractivity contribution in [1.82, 2.24) is 19.8 Å². The van der Waals surface area contributed by atoms with Gasteiger partial charge in [0.05, 0.1) is 11.1 Å². The summed E-state index contributed by atoms with van der Waals surface area (Å²) in [6.45, 7) is 2.12. The smallest absolute Gasteiger partial charge is 0.259 e. The van der Waals surface area contributed by atoms with E-state index < -0.39 is 0 Å². The third kappa shape index (κ3) is 4.14. The van der Waals surface area contributed by atoms with Crippen molar-refractivity contribution in [3.63, 3.8) is 0 Å². The Morgan fingerprint density at radius 2 is 2.14 bits per heavy atom. The molecule has 4 rings (SSSR count). The first-order chi connectivity index (χ1) is 13.5. The third-order valence-electron chi connectivity index (χ3n) is 5.95. The number of carbonyl (C=O) groups is 1. The summed E-state index contributed by atoms with van der Waals surface area (Å²) in [5.74, 6) is 2.32. The molecule has 1 aliphatic heterocycles. The molecule has 2 aromatic rings. The van der Waals surface area contributed by atoms with Crippen LogP contribution in [0.2, 0.25) is 0 Å². The molecule has 0 bridgehead atoms. The van der Waals surface area contributed by atoms with Gasteiger partial charge in [0.1, 0.15) is 10.7 Å². The maximum Gasteiger partial charge on any atom is 0.259 e. The molecule has 1 saturated heterocycles. The van der Waals surface area contributed by atoms with Gasteiger partial charge >= 0.3 is 0 Å². The predicted molar refractivity (Wildman–Crippen MR) is 116 cm³/mol. The van der Waals surface area contributed by atoms with E-state index in [9.17, 15) is 9.59 Å². The van der Waals surface area contributed by atoms with Gasteiger partial charge in [-0.25, -0.2) is 4.98 Å². The van der Waals surface area contributed by atoms with Crippen LogP contribution in [0.5, 0.6) is 0 Å². The average Bonchev–Trinajstić information content (AvgIpc) is 3.26. The number of piperidine rings is 1. The molecule has 0 radical (unpaired) electrons. The van der Waals surface area contributed by atoms with Gasteiger partial charge in [-0.05, 0) is 57.8 Å². The normalized spacial score (nSPS) is 17.9. The van der Waals surface area contributed by atoms with Crippen molar-refractivity contribution in [2.45, 2.75) is 50.3 Å². The van der Waals surface area contributed by atoms with E-state index in [1.54, 1.807) is 23.1 Å². The lowest BCUT2D eigenvalue weighted by atomic mass is 10.0.